The molecule has 1 heterocycles. The van der Waals surface area contributed by atoms with Crippen LogP contribution in [-0.2, 0) is 27.8 Å². The van der Waals surface area contributed by atoms with Crippen molar-refractivity contribution < 1.29 is 19.1 Å². The molecular formula is C21H20ClN3O5. The summed E-state index contributed by atoms with van der Waals surface area (Å²) in [7, 11) is 3.24. The van der Waals surface area contributed by atoms with Crippen LogP contribution in [0.3, 0.4) is 0 Å². The second kappa shape index (κ2) is 9.41. The molecule has 0 spiro atoms. The number of nitrogens with one attached hydrogen (secondary N) is 1. The summed E-state index contributed by atoms with van der Waals surface area (Å²) < 4.78 is 11.9. The van der Waals surface area contributed by atoms with Crippen molar-refractivity contribution in [1.29, 1.82) is 0 Å². The second-order valence-electron chi connectivity index (χ2n) is 6.46. The maximum absolute atomic E-state index is 12.1. The number of anilines is 1. The summed E-state index contributed by atoms with van der Waals surface area (Å²) in [5, 5.41) is 3.53. The van der Waals surface area contributed by atoms with Crippen LogP contribution in [0.5, 0.6) is 5.75 Å². The Labute approximate surface area is 177 Å². The van der Waals surface area contributed by atoms with Crippen LogP contribution in [0.25, 0.3) is 10.9 Å². The van der Waals surface area contributed by atoms with Gasteiger partial charge in [-0.2, -0.15) is 4.98 Å². The van der Waals surface area contributed by atoms with Gasteiger partial charge in [0.2, 0.25) is 0 Å². The number of rotatable bonds is 7. The van der Waals surface area contributed by atoms with Crippen LogP contribution in [0.4, 0.5) is 5.69 Å². The quantitative estimate of drug-likeness (QED) is 0.580. The number of fused-ring (bicyclic) bond motifs is 1. The number of aryl methyl sites for hydroxylation is 2. The summed E-state index contributed by atoms with van der Waals surface area (Å²) in [4.78, 5) is 40.3. The summed E-state index contributed by atoms with van der Waals surface area (Å²) >= 11 is 5.92. The molecule has 0 saturated carbocycles. The Morgan fingerprint density at radius 3 is 2.73 bits per heavy atom. The lowest BCUT2D eigenvalue weighted by molar-refractivity contribution is -0.147. The van der Waals surface area contributed by atoms with Gasteiger partial charge in [-0.25, -0.2) is 0 Å². The fourth-order valence-electron chi connectivity index (χ4n) is 2.96. The maximum atomic E-state index is 12.1. The van der Waals surface area contributed by atoms with E-state index >= 15 is 0 Å². The molecule has 0 radical (unpaired) electrons. The molecule has 0 aliphatic heterocycles. The summed E-state index contributed by atoms with van der Waals surface area (Å²) in [5.74, 6) is -0.211. The van der Waals surface area contributed by atoms with Gasteiger partial charge in [-0.15, -0.1) is 0 Å². The zero-order chi connectivity index (χ0) is 21.7. The van der Waals surface area contributed by atoms with Gasteiger partial charge in [-0.3, -0.25) is 14.4 Å². The number of benzene rings is 2. The highest BCUT2D eigenvalue weighted by molar-refractivity contribution is 6.31. The third-order valence-electron chi connectivity index (χ3n) is 4.47. The van der Waals surface area contributed by atoms with E-state index in [1.54, 1.807) is 35.9 Å². The van der Waals surface area contributed by atoms with Gasteiger partial charge in [-0.1, -0.05) is 23.7 Å². The minimum Gasteiger partial charge on any atom is -0.495 e. The van der Waals surface area contributed by atoms with Crippen molar-refractivity contribution in [3.05, 3.63) is 63.7 Å². The molecule has 0 saturated heterocycles. The van der Waals surface area contributed by atoms with Gasteiger partial charge in [0.25, 0.3) is 11.5 Å². The van der Waals surface area contributed by atoms with Crippen LogP contribution in [0, 0.1) is 0 Å². The lowest BCUT2D eigenvalue weighted by atomic mass is 10.2. The summed E-state index contributed by atoms with van der Waals surface area (Å²) in [6.07, 6.45) is 0.186. The lowest BCUT2D eigenvalue weighted by Gasteiger charge is -2.12. The number of ether oxygens (including phenoxy) is 2. The predicted molar refractivity (Wildman–Crippen MR) is 113 cm³/mol. The van der Waals surface area contributed by atoms with E-state index in [1.165, 1.54) is 13.2 Å². The molecular weight excluding hydrogens is 410 g/mol. The highest BCUT2D eigenvalue weighted by atomic mass is 35.5. The molecule has 9 heteroatoms. The number of aromatic nitrogens is 2. The SMILES string of the molecule is COc1ccc(Cl)cc1NC(=O)COC(=O)CCc1nc(=O)c2ccccc2n1C. The van der Waals surface area contributed by atoms with Gasteiger partial charge in [-0.05, 0) is 30.3 Å². The number of amides is 1. The molecule has 0 atom stereocenters. The van der Waals surface area contributed by atoms with Crippen LogP contribution < -0.4 is 15.6 Å². The monoisotopic (exact) mass is 429 g/mol. The third kappa shape index (κ3) is 4.96. The number of hydrogen-bond acceptors (Lipinski definition) is 6. The number of nitrogens with zero attached hydrogens (tertiary/aromatic N) is 2. The van der Waals surface area contributed by atoms with E-state index in [2.05, 4.69) is 10.3 Å². The van der Waals surface area contributed by atoms with Crippen molar-refractivity contribution >= 4 is 40.1 Å². The molecule has 8 nitrogen and oxygen atoms in total. The molecule has 1 N–H and O–H groups in total. The summed E-state index contributed by atoms with van der Waals surface area (Å²) in [5.41, 5.74) is 0.763. The van der Waals surface area contributed by atoms with Crippen molar-refractivity contribution in [3.8, 4) is 5.75 Å². The minimum absolute atomic E-state index is 0.0214. The Kier molecular flexibility index (Phi) is 6.68. The Bertz CT molecular complexity index is 1160. The molecule has 3 aromatic rings. The van der Waals surface area contributed by atoms with Gasteiger partial charge in [0.1, 0.15) is 11.6 Å². The molecule has 0 unspecified atom stereocenters. The first-order valence-corrected chi connectivity index (χ1v) is 9.50. The van der Waals surface area contributed by atoms with Gasteiger partial charge < -0.3 is 19.4 Å². The van der Waals surface area contributed by atoms with E-state index in [-0.39, 0.29) is 18.4 Å². The molecule has 3 rings (SSSR count). The number of carbonyl (C=O) groups excluding carboxylic acids is 2. The van der Waals surface area contributed by atoms with Gasteiger partial charge in [0, 0.05) is 18.5 Å². The summed E-state index contributed by atoms with van der Waals surface area (Å²) in [6.45, 7) is -0.460. The predicted octanol–water partition coefficient (Wildman–Crippen LogP) is 2.71. The van der Waals surface area contributed by atoms with E-state index in [0.29, 0.717) is 27.7 Å². The van der Waals surface area contributed by atoms with Gasteiger partial charge in [0.05, 0.1) is 30.1 Å². The van der Waals surface area contributed by atoms with Crippen LogP contribution in [0.2, 0.25) is 5.02 Å². The molecule has 1 amide bonds. The average molecular weight is 430 g/mol. The number of methoxy groups -OCH3 is 1. The van der Waals surface area contributed by atoms with Gasteiger partial charge in [0.15, 0.2) is 6.61 Å². The van der Waals surface area contributed by atoms with Crippen molar-refractivity contribution in [2.45, 2.75) is 12.8 Å². The molecule has 156 valence electrons. The van der Waals surface area contributed by atoms with Crippen LogP contribution in [0.1, 0.15) is 12.2 Å². The average Bonchev–Trinajstić information content (AvgIpc) is 2.74. The van der Waals surface area contributed by atoms with Crippen molar-refractivity contribution in [3.63, 3.8) is 0 Å². The van der Waals surface area contributed by atoms with Crippen molar-refractivity contribution in [2.75, 3.05) is 19.0 Å². The minimum atomic E-state index is -0.578. The Morgan fingerprint density at radius 2 is 1.97 bits per heavy atom. The van der Waals surface area contributed by atoms with Crippen molar-refractivity contribution in [2.24, 2.45) is 7.05 Å². The molecule has 0 aliphatic rings. The Hall–Kier alpha value is -3.39. The van der Waals surface area contributed by atoms with E-state index in [4.69, 9.17) is 21.1 Å². The number of halogens is 1. The number of para-hydroxylation sites is 1. The lowest BCUT2D eigenvalue weighted by Crippen LogP contribution is -2.22. The zero-order valence-corrected chi connectivity index (χ0v) is 17.2. The maximum Gasteiger partial charge on any atom is 0.306 e. The third-order valence-corrected chi connectivity index (χ3v) is 4.70. The van der Waals surface area contributed by atoms with Gasteiger partial charge >= 0.3 is 5.97 Å². The fraction of sp³-hybridized carbons (Fsp3) is 0.238. The molecule has 0 aliphatic carbocycles. The van der Waals surface area contributed by atoms with E-state index in [1.807, 2.05) is 12.1 Å². The highest BCUT2D eigenvalue weighted by Crippen LogP contribution is 2.27. The first-order valence-electron chi connectivity index (χ1n) is 9.12. The smallest absolute Gasteiger partial charge is 0.306 e. The molecule has 2 aromatic carbocycles. The van der Waals surface area contributed by atoms with Crippen LogP contribution in [0.15, 0.2) is 47.3 Å². The molecule has 30 heavy (non-hydrogen) atoms. The summed E-state index contributed by atoms with van der Waals surface area (Å²) in [6, 6.07) is 11.9. The first kappa shape index (κ1) is 21.3. The largest absolute Gasteiger partial charge is 0.495 e. The topological polar surface area (TPSA) is 99.5 Å². The standard InChI is InChI=1S/C21H20ClN3O5/c1-25-16-6-4-3-5-14(16)21(28)24-18(25)9-10-20(27)30-12-19(26)23-15-11-13(22)7-8-17(15)29-2/h3-8,11H,9-10,12H2,1-2H3,(H,23,26). The van der Waals surface area contributed by atoms with E-state index < -0.39 is 18.5 Å². The molecule has 0 bridgehead atoms. The fourth-order valence-corrected chi connectivity index (χ4v) is 3.13. The van der Waals surface area contributed by atoms with Crippen LogP contribution in [-0.4, -0.2) is 35.1 Å². The van der Waals surface area contributed by atoms with E-state index in [0.717, 1.165) is 5.52 Å². The zero-order valence-electron chi connectivity index (χ0n) is 16.5. The normalized spacial score (nSPS) is 10.6. The number of hydrogen-bond donors (Lipinski definition) is 1. The van der Waals surface area contributed by atoms with Crippen molar-refractivity contribution in [1.82, 2.24) is 9.55 Å². The first-order chi connectivity index (χ1) is 14.4. The number of esters is 1. The molecule has 1 aromatic heterocycles. The van der Waals surface area contributed by atoms with E-state index in [9.17, 15) is 14.4 Å². The molecule has 0 fully saturated rings. The number of carbonyl (C=O) groups is 2. The van der Waals surface area contributed by atoms with Crippen LogP contribution >= 0.6 is 11.6 Å². The Morgan fingerprint density at radius 1 is 1.20 bits per heavy atom. The Balaban J connectivity index is 1.56. The second-order valence-corrected chi connectivity index (χ2v) is 6.90. The highest BCUT2D eigenvalue weighted by Gasteiger charge is 2.13.